The molecule has 0 amide bonds. The van der Waals surface area contributed by atoms with Crippen LogP contribution in [0.4, 0.5) is 0 Å². The molecule has 1 aromatic carbocycles. The second-order valence-electron chi connectivity index (χ2n) is 10.0. The van der Waals surface area contributed by atoms with Crippen molar-refractivity contribution in [1.29, 1.82) is 0 Å². The third kappa shape index (κ3) is 13.8. The molecule has 3 rings (SSSR count). The van der Waals surface area contributed by atoms with E-state index in [2.05, 4.69) is 37.2 Å². The van der Waals surface area contributed by atoms with E-state index in [-0.39, 0.29) is 11.6 Å². The van der Waals surface area contributed by atoms with Crippen molar-refractivity contribution >= 4 is 35.3 Å². The van der Waals surface area contributed by atoms with E-state index in [1.807, 2.05) is 37.3 Å². The summed E-state index contributed by atoms with van der Waals surface area (Å²) in [6.45, 7) is 19.5. The summed E-state index contributed by atoms with van der Waals surface area (Å²) in [5.41, 5.74) is 4.12. The standard InChI is InChI=1S/C19H23NO2.C8H18O.C6H6ClN/c1-13-7-5-6-8-17(13)19(16(4)22)18-12-20(11-15(3)21)10-9-14(18)2;1-3-5-6-8-9-7-4-2;1-5-2-6(7)4-8-3-5/h5-8H,1,9-12H2,2-4H3;3-8H2,1-2H3;2-4H,1H3/b19-17-;;. The van der Waals surface area contributed by atoms with Gasteiger partial charge in [0.1, 0.15) is 5.78 Å². The molecule has 0 saturated heterocycles. The Hall–Kier alpha value is -2.60. The molecule has 0 bridgehead atoms. The zero-order chi connectivity index (χ0) is 29.2. The Balaban J connectivity index is 0.000000366. The molecule has 39 heavy (non-hydrogen) atoms. The van der Waals surface area contributed by atoms with Gasteiger partial charge >= 0.3 is 0 Å². The van der Waals surface area contributed by atoms with E-state index in [0.717, 1.165) is 59.7 Å². The van der Waals surface area contributed by atoms with Crippen LogP contribution in [0.1, 0.15) is 72.3 Å². The highest BCUT2D eigenvalue weighted by molar-refractivity contribution is 6.30. The second kappa shape index (κ2) is 19.5. The van der Waals surface area contributed by atoms with Crippen LogP contribution in [0.5, 0.6) is 0 Å². The number of aromatic nitrogens is 1. The number of halogens is 1. The first-order chi connectivity index (χ1) is 18.6. The molecule has 0 radical (unpaired) electrons. The van der Waals surface area contributed by atoms with E-state index >= 15 is 0 Å². The normalized spacial score (nSPS) is 14.0. The Morgan fingerprint density at radius 1 is 1.05 bits per heavy atom. The molecular weight excluding hydrogens is 508 g/mol. The van der Waals surface area contributed by atoms with Gasteiger partial charge in [0.25, 0.3) is 0 Å². The van der Waals surface area contributed by atoms with E-state index in [1.54, 1.807) is 26.2 Å². The SMILES string of the molecule is C=c1cccc/c1=C(\C(C)=O)C1=C(C)CCN(CC(C)=O)C1.CCCCCOCCC.Cc1cncc(Cl)c1. The van der Waals surface area contributed by atoms with Gasteiger partial charge in [0, 0.05) is 44.3 Å². The molecule has 1 aromatic heterocycles. The van der Waals surface area contributed by atoms with Crippen molar-refractivity contribution in [3.05, 3.63) is 74.9 Å². The van der Waals surface area contributed by atoms with Gasteiger partial charge in [0.15, 0.2) is 5.78 Å². The van der Waals surface area contributed by atoms with Crippen LogP contribution >= 0.6 is 11.6 Å². The minimum atomic E-state index is 0.0510. The van der Waals surface area contributed by atoms with Gasteiger partial charge in [0.2, 0.25) is 0 Å². The second-order valence-corrected chi connectivity index (χ2v) is 10.4. The van der Waals surface area contributed by atoms with Gasteiger partial charge in [-0.15, -0.1) is 0 Å². The largest absolute Gasteiger partial charge is 0.381 e. The number of ketones is 2. The van der Waals surface area contributed by atoms with Gasteiger partial charge in [-0.1, -0.05) is 74.7 Å². The fraction of sp³-hybridized carbons (Fsp3) is 0.485. The van der Waals surface area contributed by atoms with Crippen molar-refractivity contribution < 1.29 is 14.3 Å². The topological polar surface area (TPSA) is 59.5 Å². The van der Waals surface area contributed by atoms with E-state index in [0.29, 0.717) is 18.1 Å². The first-order valence-electron chi connectivity index (χ1n) is 14.0. The monoisotopic (exact) mass is 554 g/mol. The van der Waals surface area contributed by atoms with Crippen LogP contribution in [0.2, 0.25) is 5.02 Å². The predicted molar refractivity (Wildman–Crippen MR) is 164 cm³/mol. The molecule has 2 aromatic rings. The lowest BCUT2D eigenvalue weighted by molar-refractivity contribution is -0.118. The smallest absolute Gasteiger partial charge is 0.160 e. The molecule has 0 fully saturated rings. The summed E-state index contributed by atoms with van der Waals surface area (Å²) in [6.07, 6.45) is 9.25. The van der Waals surface area contributed by atoms with Crippen LogP contribution in [0, 0.1) is 6.92 Å². The molecule has 0 spiro atoms. The molecule has 6 heteroatoms. The molecule has 1 aliphatic heterocycles. The molecule has 214 valence electrons. The van der Waals surface area contributed by atoms with Crippen molar-refractivity contribution in [3.8, 4) is 0 Å². The van der Waals surface area contributed by atoms with Gasteiger partial charge in [0.05, 0.1) is 11.6 Å². The molecule has 1 aliphatic rings. The number of hydrogen-bond donors (Lipinski definition) is 0. The lowest BCUT2D eigenvalue weighted by Crippen LogP contribution is -2.38. The van der Waals surface area contributed by atoms with Gasteiger partial charge in [-0.05, 0) is 74.6 Å². The van der Waals surface area contributed by atoms with Crippen molar-refractivity contribution in [3.63, 3.8) is 0 Å². The number of aryl methyl sites for hydroxylation is 1. The Bertz CT molecular complexity index is 1170. The number of hydrogen-bond acceptors (Lipinski definition) is 5. The number of ether oxygens (including phenoxy) is 1. The van der Waals surface area contributed by atoms with E-state index in [4.69, 9.17) is 16.3 Å². The maximum absolute atomic E-state index is 12.3. The Labute approximate surface area is 240 Å². The van der Waals surface area contributed by atoms with Gasteiger partial charge < -0.3 is 4.74 Å². The lowest BCUT2D eigenvalue weighted by Gasteiger charge is -2.30. The highest BCUT2D eigenvalue weighted by atomic mass is 35.5. The number of carbonyl (C=O) groups is 2. The number of pyridine rings is 1. The van der Waals surface area contributed by atoms with Crippen molar-refractivity contribution in [2.24, 2.45) is 0 Å². The lowest BCUT2D eigenvalue weighted by atomic mass is 9.90. The summed E-state index contributed by atoms with van der Waals surface area (Å²) >= 11 is 5.58. The number of carbonyl (C=O) groups excluding carboxylic acids is 2. The summed E-state index contributed by atoms with van der Waals surface area (Å²) in [5.74, 6) is 0.205. The fourth-order valence-corrected chi connectivity index (χ4v) is 4.43. The van der Waals surface area contributed by atoms with Crippen LogP contribution < -0.4 is 10.4 Å². The predicted octanol–water partition coefficient (Wildman–Crippen LogP) is 6.09. The highest BCUT2D eigenvalue weighted by Gasteiger charge is 2.22. The molecule has 0 aliphatic carbocycles. The quantitative estimate of drug-likeness (QED) is 0.332. The third-order valence-electron chi connectivity index (χ3n) is 6.17. The fourth-order valence-electron chi connectivity index (χ4n) is 4.20. The number of nitrogens with zero attached hydrogens (tertiary/aromatic N) is 2. The molecule has 0 atom stereocenters. The molecule has 5 nitrogen and oxygen atoms in total. The Morgan fingerprint density at radius 2 is 1.77 bits per heavy atom. The minimum absolute atomic E-state index is 0.0510. The molecular formula is C33H47ClN2O3. The number of benzene rings is 1. The molecule has 0 unspecified atom stereocenters. The highest BCUT2D eigenvalue weighted by Crippen LogP contribution is 2.24. The van der Waals surface area contributed by atoms with Gasteiger partial charge in [-0.2, -0.15) is 0 Å². The minimum Gasteiger partial charge on any atom is -0.381 e. The number of Topliss-reactive ketones (excluding diaryl/α,β-unsaturated/α-hetero) is 2. The summed E-state index contributed by atoms with van der Waals surface area (Å²) in [7, 11) is 0. The summed E-state index contributed by atoms with van der Waals surface area (Å²) in [5, 5.41) is 2.45. The molecule has 0 N–H and O–H groups in total. The van der Waals surface area contributed by atoms with Crippen molar-refractivity contribution in [2.75, 3.05) is 32.8 Å². The summed E-state index contributed by atoms with van der Waals surface area (Å²) in [6, 6.07) is 9.59. The number of rotatable bonds is 10. The summed E-state index contributed by atoms with van der Waals surface area (Å²) < 4.78 is 5.28. The first-order valence-corrected chi connectivity index (χ1v) is 14.3. The zero-order valence-electron chi connectivity index (χ0n) is 24.8. The average molecular weight is 555 g/mol. The van der Waals surface area contributed by atoms with Crippen molar-refractivity contribution in [1.82, 2.24) is 9.88 Å². The van der Waals surface area contributed by atoms with Crippen LogP contribution in [0.25, 0.3) is 12.2 Å². The summed E-state index contributed by atoms with van der Waals surface area (Å²) in [4.78, 5) is 29.6. The van der Waals surface area contributed by atoms with Crippen LogP contribution in [0.3, 0.4) is 0 Å². The Kier molecular flexibility index (Phi) is 17.2. The first kappa shape index (κ1) is 34.4. The van der Waals surface area contributed by atoms with Gasteiger partial charge in [-0.25, -0.2) is 0 Å². The van der Waals surface area contributed by atoms with E-state index in [9.17, 15) is 9.59 Å². The molecule has 0 saturated carbocycles. The van der Waals surface area contributed by atoms with E-state index < -0.39 is 0 Å². The van der Waals surface area contributed by atoms with Gasteiger partial charge in [-0.3, -0.25) is 19.5 Å². The maximum atomic E-state index is 12.3. The maximum Gasteiger partial charge on any atom is 0.160 e. The van der Waals surface area contributed by atoms with Crippen LogP contribution in [0.15, 0.2) is 53.9 Å². The van der Waals surface area contributed by atoms with Crippen LogP contribution in [-0.2, 0) is 14.3 Å². The van der Waals surface area contributed by atoms with Crippen LogP contribution in [-0.4, -0.2) is 54.3 Å². The average Bonchev–Trinajstić information content (AvgIpc) is 2.87. The van der Waals surface area contributed by atoms with Crippen molar-refractivity contribution in [2.45, 2.75) is 73.6 Å². The third-order valence-corrected chi connectivity index (χ3v) is 6.38. The van der Waals surface area contributed by atoms with E-state index in [1.165, 1.54) is 24.8 Å². The zero-order valence-corrected chi connectivity index (χ0v) is 25.6. The Morgan fingerprint density at radius 3 is 2.31 bits per heavy atom. The molecule has 2 heterocycles. The number of unbranched alkanes of at least 4 members (excludes halogenated alkanes) is 2.